The van der Waals surface area contributed by atoms with Crippen LogP contribution in [0.1, 0.15) is 47.2 Å². The number of carbonyl (C=O) groups is 2. The molecule has 3 aromatic rings. The van der Waals surface area contributed by atoms with Crippen molar-refractivity contribution in [1.29, 1.82) is 0 Å². The lowest BCUT2D eigenvalue weighted by Gasteiger charge is -2.05. The van der Waals surface area contributed by atoms with Gasteiger partial charge in [0.05, 0.1) is 0 Å². The number of esters is 2. The van der Waals surface area contributed by atoms with Crippen LogP contribution in [0.15, 0.2) is 91.0 Å². The lowest BCUT2D eigenvalue weighted by atomic mass is 10.1. The maximum absolute atomic E-state index is 14.7. The second-order valence-electron chi connectivity index (χ2n) is 8.65. The number of rotatable bonds is 10. The van der Waals surface area contributed by atoms with Gasteiger partial charge in [-0.3, -0.25) is 0 Å². The van der Waals surface area contributed by atoms with Gasteiger partial charge in [-0.25, -0.2) is 14.0 Å². The summed E-state index contributed by atoms with van der Waals surface area (Å²) < 4.78 is 25.0. The van der Waals surface area contributed by atoms with Gasteiger partial charge in [-0.2, -0.15) is 0 Å². The largest absolute Gasteiger partial charge is 0.457 e. The fourth-order valence-electron chi connectivity index (χ4n) is 3.22. The van der Waals surface area contributed by atoms with E-state index in [1.165, 1.54) is 6.07 Å². The molecule has 0 amide bonds. The zero-order valence-corrected chi connectivity index (χ0v) is 21.0. The van der Waals surface area contributed by atoms with Crippen LogP contribution in [0.4, 0.5) is 4.39 Å². The Morgan fingerprint density at radius 1 is 0.703 bits per heavy atom. The Balaban J connectivity index is 1.60. The van der Waals surface area contributed by atoms with E-state index >= 15 is 0 Å². The number of hydrogen-bond donors (Lipinski definition) is 0. The molecule has 37 heavy (non-hydrogen) atoms. The summed E-state index contributed by atoms with van der Waals surface area (Å²) in [6.45, 7) is 10.7. The number of benzene rings is 3. The summed E-state index contributed by atoms with van der Waals surface area (Å²) in [5.41, 5.74) is 5.41. The summed E-state index contributed by atoms with van der Waals surface area (Å²) in [6.07, 6.45) is 7.25. The monoisotopic (exact) mass is 496 g/mol. The summed E-state index contributed by atoms with van der Waals surface area (Å²) in [6, 6.07) is 20.1. The molecule has 0 fully saturated rings. The third kappa shape index (κ3) is 8.58. The van der Waals surface area contributed by atoms with Crippen LogP contribution in [0.5, 0.6) is 0 Å². The van der Waals surface area contributed by atoms with E-state index in [1.54, 1.807) is 26.0 Å². The molecule has 0 saturated heterocycles. The minimum Gasteiger partial charge on any atom is -0.457 e. The Morgan fingerprint density at radius 3 is 1.86 bits per heavy atom. The molecule has 0 aliphatic rings. The van der Waals surface area contributed by atoms with Crippen LogP contribution in [0, 0.1) is 5.82 Å². The molecular weight excluding hydrogens is 467 g/mol. The molecule has 0 aromatic heterocycles. The van der Waals surface area contributed by atoms with E-state index in [-0.39, 0.29) is 19.0 Å². The van der Waals surface area contributed by atoms with Crippen LogP contribution in [0.2, 0.25) is 0 Å². The summed E-state index contributed by atoms with van der Waals surface area (Å²) in [7, 11) is 0. The summed E-state index contributed by atoms with van der Waals surface area (Å²) >= 11 is 0. The molecule has 5 heteroatoms. The van der Waals surface area contributed by atoms with Crippen LogP contribution >= 0.6 is 0 Å². The number of halogens is 1. The summed E-state index contributed by atoms with van der Waals surface area (Å²) in [4.78, 5) is 23.1. The first-order valence-electron chi connectivity index (χ1n) is 11.7. The molecule has 0 N–H and O–H groups in total. The maximum Gasteiger partial charge on any atom is 0.333 e. The predicted molar refractivity (Wildman–Crippen MR) is 146 cm³/mol. The second-order valence-corrected chi connectivity index (χ2v) is 8.65. The average Bonchev–Trinajstić information content (AvgIpc) is 2.89. The van der Waals surface area contributed by atoms with Crippen molar-refractivity contribution in [2.45, 2.75) is 27.1 Å². The molecule has 4 nitrogen and oxygen atoms in total. The topological polar surface area (TPSA) is 52.6 Å². The van der Waals surface area contributed by atoms with E-state index in [1.807, 2.05) is 72.8 Å². The maximum atomic E-state index is 14.7. The van der Waals surface area contributed by atoms with Crippen LogP contribution in [-0.4, -0.2) is 11.9 Å². The van der Waals surface area contributed by atoms with Gasteiger partial charge >= 0.3 is 11.9 Å². The molecule has 0 atom stereocenters. The smallest absolute Gasteiger partial charge is 0.333 e. The Labute approximate surface area is 217 Å². The zero-order valence-electron chi connectivity index (χ0n) is 21.0. The molecule has 0 saturated carbocycles. The van der Waals surface area contributed by atoms with Crippen LogP contribution in [0.25, 0.3) is 24.3 Å². The Hall–Kier alpha value is -4.51. The van der Waals surface area contributed by atoms with Gasteiger partial charge in [-0.1, -0.05) is 92.1 Å². The van der Waals surface area contributed by atoms with Crippen molar-refractivity contribution >= 4 is 36.2 Å². The Morgan fingerprint density at radius 2 is 1.24 bits per heavy atom. The van der Waals surface area contributed by atoms with Crippen molar-refractivity contribution in [2.24, 2.45) is 0 Å². The van der Waals surface area contributed by atoms with Crippen molar-refractivity contribution in [3.05, 3.63) is 130 Å². The molecule has 0 heterocycles. The van der Waals surface area contributed by atoms with Gasteiger partial charge in [0.25, 0.3) is 0 Å². The van der Waals surface area contributed by atoms with Gasteiger partial charge in [0.2, 0.25) is 0 Å². The van der Waals surface area contributed by atoms with Gasteiger partial charge in [-0.15, -0.1) is 0 Å². The van der Waals surface area contributed by atoms with Gasteiger partial charge in [0.1, 0.15) is 19.0 Å². The molecule has 0 radical (unpaired) electrons. The third-order valence-electron chi connectivity index (χ3n) is 5.32. The quantitative estimate of drug-likeness (QED) is 0.167. The van der Waals surface area contributed by atoms with E-state index in [4.69, 9.17) is 9.47 Å². The van der Waals surface area contributed by atoms with Gasteiger partial charge < -0.3 is 9.47 Å². The lowest BCUT2D eigenvalue weighted by molar-refractivity contribution is -0.141. The highest BCUT2D eigenvalue weighted by Gasteiger charge is 2.05. The van der Waals surface area contributed by atoms with Gasteiger partial charge in [0, 0.05) is 16.7 Å². The van der Waals surface area contributed by atoms with Crippen LogP contribution in [-0.2, 0) is 32.3 Å². The molecule has 0 aliphatic heterocycles. The Bertz CT molecular complexity index is 1360. The first-order valence-corrected chi connectivity index (χ1v) is 11.7. The zero-order chi connectivity index (χ0) is 26.8. The highest BCUT2D eigenvalue weighted by molar-refractivity contribution is 5.87. The summed E-state index contributed by atoms with van der Waals surface area (Å²) in [5, 5.41) is 0. The number of ether oxygens (including phenoxy) is 2. The highest BCUT2D eigenvalue weighted by atomic mass is 19.1. The SMILES string of the molecule is C=C(C)C(=O)OCc1ccc(/C=C/c2ccc(/C=C/c3cccc(COC(=O)C(=C)C)c3)c(F)c2)cc1. The van der Waals surface area contributed by atoms with Crippen molar-refractivity contribution in [1.82, 2.24) is 0 Å². The molecule has 0 bridgehead atoms. The first kappa shape index (κ1) is 27.1. The Kier molecular flexibility index (Phi) is 9.50. The van der Waals surface area contributed by atoms with E-state index in [2.05, 4.69) is 13.2 Å². The predicted octanol–water partition coefficient (Wildman–Crippen LogP) is 7.41. The fourth-order valence-corrected chi connectivity index (χ4v) is 3.22. The van der Waals surface area contributed by atoms with Crippen molar-refractivity contribution in [2.75, 3.05) is 0 Å². The standard InChI is InChI=1S/C32H29FO4/c1-22(2)31(34)36-20-27-12-9-24(10-13-27)8-11-26-15-17-29(30(33)19-26)16-14-25-6-5-7-28(18-25)21-37-32(35)23(3)4/h5-19H,1,3,20-21H2,2,4H3/b11-8+,16-14+. The summed E-state index contributed by atoms with van der Waals surface area (Å²) in [5.74, 6) is -1.19. The molecule has 3 aromatic carbocycles. The molecule has 188 valence electrons. The highest BCUT2D eigenvalue weighted by Crippen LogP contribution is 2.18. The fraction of sp³-hybridized carbons (Fsp3) is 0.125. The van der Waals surface area contributed by atoms with Crippen LogP contribution < -0.4 is 0 Å². The molecule has 0 unspecified atom stereocenters. The van der Waals surface area contributed by atoms with Crippen molar-refractivity contribution in [3.8, 4) is 0 Å². The molecule has 0 spiro atoms. The third-order valence-corrected chi connectivity index (χ3v) is 5.32. The molecule has 0 aliphatic carbocycles. The minimum atomic E-state index is -0.434. The van der Waals surface area contributed by atoms with Gasteiger partial charge in [0.15, 0.2) is 0 Å². The molecular formula is C32H29FO4. The van der Waals surface area contributed by atoms with Crippen molar-refractivity contribution < 1.29 is 23.5 Å². The van der Waals surface area contributed by atoms with Crippen LogP contribution in [0.3, 0.4) is 0 Å². The van der Waals surface area contributed by atoms with E-state index in [9.17, 15) is 14.0 Å². The second kappa shape index (κ2) is 13.0. The van der Waals surface area contributed by atoms with Gasteiger partial charge in [-0.05, 0) is 53.8 Å². The molecule has 3 rings (SSSR count). The number of hydrogen-bond acceptors (Lipinski definition) is 4. The normalized spacial score (nSPS) is 11.0. The lowest BCUT2D eigenvalue weighted by Crippen LogP contribution is -2.04. The van der Waals surface area contributed by atoms with E-state index in [0.29, 0.717) is 16.7 Å². The van der Waals surface area contributed by atoms with E-state index in [0.717, 1.165) is 27.8 Å². The average molecular weight is 497 g/mol. The van der Waals surface area contributed by atoms with Crippen molar-refractivity contribution in [3.63, 3.8) is 0 Å². The number of carbonyl (C=O) groups excluding carboxylic acids is 2. The first-order chi connectivity index (χ1) is 17.7. The van der Waals surface area contributed by atoms with E-state index < -0.39 is 11.9 Å². The minimum absolute atomic E-state index is 0.147.